The standard InChI is InChI=1S/C25H27ClF3N5O3/c26-16-6-8-17(9-7-16)32-22(35)20-18(12-14-10-11-31-19(30)13-14)23(36)34(20)24(37)33-21(25(27,28)29)15-4-2-1-3-5-15/h6-11,13,15,18,20-21H,1-5,12H2,(H2,30,31)(H,32,35)(H,33,37)/t18-,20+,21?/m1/s1. The van der Waals surface area contributed by atoms with Crippen molar-refractivity contribution < 1.29 is 27.6 Å². The molecule has 1 aromatic heterocycles. The first-order valence-corrected chi connectivity index (χ1v) is 12.4. The molecule has 3 atom stereocenters. The fourth-order valence-corrected chi connectivity index (χ4v) is 5.16. The van der Waals surface area contributed by atoms with E-state index in [1.807, 2.05) is 5.32 Å². The number of imide groups is 1. The molecule has 198 valence electrons. The Kier molecular flexibility index (Phi) is 7.91. The number of amides is 4. The van der Waals surface area contributed by atoms with Gasteiger partial charge in [0.25, 0.3) is 0 Å². The Balaban J connectivity index is 1.56. The Hall–Kier alpha value is -3.34. The number of nitrogens with one attached hydrogen (secondary N) is 2. The molecule has 2 aliphatic rings. The van der Waals surface area contributed by atoms with Gasteiger partial charge in [0.2, 0.25) is 11.8 Å². The molecule has 1 aliphatic carbocycles. The van der Waals surface area contributed by atoms with Crippen LogP contribution < -0.4 is 16.4 Å². The molecule has 4 rings (SSSR count). The van der Waals surface area contributed by atoms with Crippen molar-refractivity contribution in [2.24, 2.45) is 11.8 Å². The van der Waals surface area contributed by atoms with E-state index < -0.39 is 47.9 Å². The van der Waals surface area contributed by atoms with Gasteiger partial charge in [0.1, 0.15) is 17.9 Å². The van der Waals surface area contributed by atoms with Crippen LogP contribution in [0.15, 0.2) is 42.6 Å². The van der Waals surface area contributed by atoms with Crippen LogP contribution in [0.5, 0.6) is 0 Å². The number of hydrogen-bond donors (Lipinski definition) is 3. The number of halogens is 4. The highest BCUT2D eigenvalue weighted by Gasteiger charge is 2.56. The minimum Gasteiger partial charge on any atom is -0.384 e. The number of pyridine rings is 1. The number of aromatic nitrogens is 1. The summed E-state index contributed by atoms with van der Waals surface area (Å²) in [6.07, 6.45) is -0.430. The van der Waals surface area contributed by atoms with Gasteiger partial charge >= 0.3 is 12.2 Å². The van der Waals surface area contributed by atoms with Crippen molar-refractivity contribution in [1.29, 1.82) is 0 Å². The van der Waals surface area contributed by atoms with Gasteiger partial charge in [-0.2, -0.15) is 13.2 Å². The van der Waals surface area contributed by atoms with Gasteiger partial charge in [-0.25, -0.2) is 9.78 Å². The van der Waals surface area contributed by atoms with Crippen molar-refractivity contribution in [1.82, 2.24) is 15.2 Å². The molecule has 0 bridgehead atoms. The van der Waals surface area contributed by atoms with Gasteiger partial charge in [-0.15, -0.1) is 0 Å². The number of hydrogen-bond acceptors (Lipinski definition) is 5. The molecule has 4 amide bonds. The van der Waals surface area contributed by atoms with Gasteiger partial charge in [0.15, 0.2) is 0 Å². The number of rotatable bonds is 6. The summed E-state index contributed by atoms with van der Waals surface area (Å²) >= 11 is 5.88. The zero-order chi connectivity index (χ0) is 26.7. The molecule has 8 nitrogen and oxygen atoms in total. The number of nitrogens with two attached hydrogens (primary N) is 1. The van der Waals surface area contributed by atoms with Gasteiger partial charge in [0, 0.05) is 16.9 Å². The summed E-state index contributed by atoms with van der Waals surface area (Å²) in [5.74, 6) is -2.99. The average molecular weight is 538 g/mol. The van der Waals surface area contributed by atoms with Gasteiger partial charge in [0.05, 0.1) is 5.92 Å². The van der Waals surface area contributed by atoms with Crippen LogP contribution in [0.2, 0.25) is 5.02 Å². The quantitative estimate of drug-likeness (QED) is 0.467. The zero-order valence-electron chi connectivity index (χ0n) is 19.8. The van der Waals surface area contributed by atoms with Gasteiger partial charge in [-0.1, -0.05) is 30.9 Å². The van der Waals surface area contributed by atoms with Gasteiger partial charge < -0.3 is 16.4 Å². The first-order valence-electron chi connectivity index (χ1n) is 12.0. The van der Waals surface area contributed by atoms with Crippen molar-refractivity contribution in [2.45, 2.75) is 56.8 Å². The second kappa shape index (κ2) is 11.0. The van der Waals surface area contributed by atoms with Crippen LogP contribution in [-0.4, -0.2) is 46.0 Å². The number of alkyl halides is 3. The van der Waals surface area contributed by atoms with Crippen molar-refractivity contribution in [3.05, 3.63) is 53.2 Å². The SMILES string of the molecule is Nc1cc(C[C@H]2C(=O)N(C(=O)NC(C3CCCCC3)C(F)(F)F)[C@@H]2C(=O)Nc2ccc(Cl)cc2)ccn1. The normalized spacial score (nSPS) is 21.2. The predicted molar refractivity (Wildman–Crippen MR) is 132 cm³/mol. The highest BCUT2D eigenvalue weighted by molar-refractivity contribution is 6.30. The molecule has 1 aliphatic heterocycles. The van der Waals surface area contributed by atoms with E-state index in [1.165, 1.54) is 24.4 Å². The van der Waals surface area contributed by atoms with Crippen LogP contribution in [0, 0.1) is 11.8 Å². The maximum Gasteiger partial charge on any atom is 0.408 e. The second-order valence-corrected chi connectivity index (χ2v) is 9.85. The topological polar surface area (TPSA) is 117 Å². The Morgan fingerprint density at radius 3 is 2.43 bits per heavy atom. The summed E-state index contributed by atoms with van der Waals surface area (Å²) in [5.41, 5.74) is 6.67. The monoisotopic (exact) mass is 537 g/mol. The van der Waals surface area contributed by atoms with E-state index in [0.717, 1.165) is 6.42 Å². The Morgan fingerprint density at radius 2 is 1.81 bits per heavy atom. The predicted octanol–water partition coefficient (Wildman–Crippen LogP) is 4.55. The van der Waals surface area contributed by atoms with E-state index in [2.05, 4.69) is 10.3 Å². The highest BCUT2D eigenvalue weighted by atomic mass is 35.5. The van der Waals surface area contributed by atoms with E-state index in [9.17, 15) is 27.6 Å². The molecule has 1 unspecified atom stereocenters. The molecule has 4 N–H and O–H groups in total. The molecular weight excluding hydrogens is 511 g/mol. The maximum absolute atomic E-state index is 13.9. The third-order valence-electron chi connectivity index (χ3n) is 6.87. The van der Waals surface area contributed by atoms with Crippen LogP contribution >= 0.6 is 11.6 Å². The molecule has 1 aromatic carbocycles. The first-order chi connectivity index (χ1) is 17.5. The number of likely N-dealkylation sites (tertiary alicyclic amines) is 1. The van der Waals surface area contributed by atoms with Crippen LogP contribution in [0.3, 0.4) is 0 Å². The lowest BCUT2D eigenvalue weighted by Crippen LogP contribution is -2.71. The van der Waals surface area contributed by atoms with Crippen LogP contribution in [0.1, 0.15) is 37.7 Å². The van der Waals surface area contributed by atoms with E-state index in [1.54, 1.807) is 18.2 Å². The summed E-state index contributed by atoms with van der Waals surface area (Å²) in [6, 6.07) is 4.64. The Labute approximate surface area is 216 Å². The molecular formula is C25H27ClF3N5O3. The molecule has 1 saturated heterocycles. The zero-order valence-corrected chi connectivity index (χ0v) is 20.6. The van der Waals surface area contributed by atoms with Crippen LogP contribution in [0.25, 0.3) is 0 Å². The minimum absolute atomic E-state index is 0.0549. The van der Waals surface area contributed by atoms with Crippen LogP contribution in [-0.2, 0) is 16.0 Å². The molecule has 0 radical (unpaired) electrons. The number of β-lactam (4-membered cyclic amide) rings is 1. The van der Waals surface area contributed by atoms with Crippen molar-refractivity contribution >= 4 is 41.0 Å². The Bertz CT molecular complexity index is 1160. The van der Waals surface area contributed by atoms with Gasteiger partial charge in [-0.3, -0.25) is 14.5 Å². The highest BCUT2D eigenvalue weighted by Crippen LogP contribution is 2.36. The molecule has 1 saturated carbocycles. The second-order valence-electron chi connectivity index (χ2n) is 9.42. The van der Waals surface area contributed by atoms with E-state index in [0.29, 0.717) is 46.9 Å². The largest absolute Gasteiger partial charge is 0.408 e. The fraction of sp³-hybridized carbons (Fsp3) is 0.440. The van der Waals surface area contributed by atoms with E-state index >= 15 is 0 Å². The van der Waals surface area contributed by atoms with Crippen LogP contribution in [0.4, 0.5) is 29.5 Å². The van der Waals surface area contributed by atoms with Crippen molar-refractivity contribution in [2.75, 3.05) is 11.1 Å². The summed E-state index contributed by atoms with van der Waals surface area (Å²) in [5, 5.41) is 5.08. The molecule has 0 spiro atoms. The number of urea groups is 1. The average Bonchev–Trinajstić information content (AvgIpc) is 2.85. The summed E-state index contributed by atoms with van der Waals surface area (Å²) in [4.78, 5) is 43.8. The van der Waals surface area contributed by atoms with Gasteiger partial charge in [-0.05, 0) is 67.1 Å². The summed E-state index contributed by atoms with van der Waals surface area (Å²) < 4.78 is 41.7. The molecule has 37 heavy (non-hydrogen) atoms. The number of benzene rings is 1. The molecule has 2 heterocycles. The smallest absolute Gasteiger partial charge is 0.384 e. The molecule has 2 fully saturated rings. The maximum atomic E-state index is 13.9. The lowest BCUT2D eigenvalue weighted by Gasteiger charge is -2.45. The lowest BCUT2D eigenvalue weighted by atomic mass is 9.81. The number of carbonyl (C=O) groups excluding carboxylic acids is 3. The summed E-state index contributed by atoms with van der Waals surface area (Å²) in [7, 11) is 0. The summed E-state index contributed by atoms with van der Waals surface area (Å²) in [6.45, 7) is 0. The number of carbonyl (C=O) groups is 3. The fourth-order valence-electron chi connectivity index (χ4n) is 5.04. The number of nitrogens with zero attached hydrogens (tertiary/aromatic N) is 2. The lowest BCUT2D eigenvalue weighted by molar-refractivity contribution is -0.170. The number of anilines is 2. The van der Waals surface area contributed by atoms with E-state index in [4.69, 9.17) is 17.3 Å². The third kappa shape index (κ3) is 6.15. The number of nitrogen functional groups attached to an aromatic ring is 1. The van der Waals surface area contributed by atoms with Crippen molar-refractivity contribution in [3.63, 3.8) is 0 Å². The third-order valence-corrected chi connectivity index (χ3v) is 7.12. The van der Waals surface area contributed by atoms with Crippen molar-refractivity contribution in [3.8, 4) is 0 Å². The molecule has 12 heteroatoms. The minimum atomic E-state index is -4.69. The first kappa shape index (κ1) is 26.7. The Morgan fingerprint density at radius 1 is 1.14 bits per heavy atom. The van der Waals surface area contributed by atoms with E-state index in [-0.39, 0.29) is 12.2 Å². The molecule has 2 aromatic rings.